The van der Waals surface area contributed by atoms with Gasteiger partial charge in [-0.3, -0.25) is 19.1 Å². The zero-order valence-corrected chi connectivity index (χ0v) is 23.1. The van der Waals surface area contributed by atoms with Crippen LogP contribution in [0.15, 0.2) is 30.5 Å². The summed E-state index contributed by atoms with van der Waals surface area (Å²) < 4.78 is 16.5. The van der Waals surface area contributed by atoms with Crippen LogP contribution in [0.5, 0.6) is 0 Å². The number of aromatic nitrogens is 2. The van der Waals surface area contributed by atoms with Crippen molar-refractivity contribution in [2.75, 3.05) is 38.5 Å². The van der Waals surface area contributed by atoms with Crippen molar-refractivity contribution in [3.05, 3.63) is 47.5 Å². The molecule has 0 unspecified atom stereocenters. The number of hydrogen-bond acceptors (Lipinski definition) is 6. The molecule has 216 valence electrons. The molecule has 40 heavy (non-hydrogen) atoms. The Morgan fingerprint density at radius 2 is 1.80 bits per heavy atom. The summed E-state index contributed by atoms with van der Waals surface area (Å²) in [6, 6.07) is 3.70. The number of urea groups is 1. The molecule has 0 bridgehead atoms. The highest BCUT2D eigenvalue weighted by Gasteiger charge is 2.30. The number of rotatable bonds is 10. The Balaban J connectivity index is 1.39. The molecule has 0 radical (unpaired) electrons. The molecule has 1 saturated carbocycles. The summed E-state index contributed by atoms with van der Waals surface area (Å²) in [4.78, 5) is 54.8. The molecular weight excluding hydrogens is 519 g/mol. The summed E-state index contributed by atoms with van der Waals surface area (Å²) in [5.74, 6) is -1.97. The maximum atomic E-state index is 15.0. The molecule has 1 aliphatic carbocycles. The quantitative estimate of drug-likeness (QED) is 0.344. The third kappa shape index (κ3) is 7.56. The van der Waals surface area contributed by atoms with E-state index in [9.17, 15) is 19.2 Å². The largest absolute Gasteiger partial charge is 0.339 e. The number of likely N-dealkylation sites (N-methyl/N-ethyl adjacent to an activating group) is 1. The molecule has 2 fully saturated rings. The predicted molar refractivity (Wildman–Crippen MR) is 146 cm³/mol. The third-order valence-corrected chi connectivity index (χ3v) is 7.05. The molecule has 2 aliphatic rings. The van der Waals surface area contributed by atoms with Gasteiger partial charge in [0.25, 0.3) is 5.91 Å². The van der Waals surface area contributed by atoms with Gasteiger partial charge in [-0.2, -0.15) is 5.10 Å². The van der Waals surface area contributed by atoms with E-state index in [1.54, 1.807) is 17.0 Å². The van der Waals surface area contributed by atoms with Crippen LogP contribution in [0.3, 0.4) is 0 Å². The molecule has 13 heteroatoms. The van der Waals surface area contributed by atoms with Crippen molar-refractivity contribution >= 4 is 29.4 Å². The minimum atomic E-state index is -0.938. The number of amides is 5. The highest BCUT2D eigenvalue weighted by molar-refractivity contribution is 6.00. The summed E-state index contributed by atoms with van der Waals surface area (Å²) in [6.07, 6.45) is 3.41. The van der Waals surface area contributed by atoms with Crippen LogP contribution in [0.2, 0.25) is 0 Å². The van der Waals surface area contributed by atoms with E-state index in [0.717, 1.165) is 25.9 Å². The standard InChI is InChI=1S/C27H37FN8O4/c1-4-36-23(9-10-29-36)25(38)30-17(2)24(37)32-21-8-5-18(15-20(21)28)16-22(33-27(40)31-19-6-7-19)26(39)35-13-11-34(3)12-14-35/h5,8-10,15,17,19,22H,4,6-7,11-14,16H2,1-3H3,(H,30,38)(H,32,37)(H2,31,33,40)/t17-,22+/m0/s1. The Kier molecular flexibility index (Phi) is 9.35. The van der Waals surface area contributed by atoms with Crippen molar-refractivity contribution in [3.63, 3.8) is 0 Å². The monoisotopic (exact) mass is 556 g/mol. The van der Waals surface area contributed by atoms with Crippen LogP contribution in [-0.2, 0) is 22.6 Å². The van der Waals surface area contributed by atoms with E-state index in [1.165, 1.54) is 29.9 Å². The average Bonchev–Trinajstić information content (AvgIpc) is 3.60. The SMILES string of the molecule is CCn1nccc1C(=O)N[C@@H](C)C(=O)Nc1ccc(C[C@@H](NC(=O)NC2CC2)C(=O)N2CCN(C)CC2)cc1F. The lowest BCUT2D eigenvalue weighted by atomic mass is 10.0. The lowest BCUT2D eigenvalue weighted by Gasteiger charge is -2.34. The van der Waals surface area contributed by atoms with E-state index in [1.807, 2.05) is 14.0 Å². The molecule has 5 amide bonds. The third-order valence-electron chi connectivity index (χ3n) is 7.05. The first-order chi connectivity index (χ1) is 19.1. The Morgan fingerprint density at radius 3 is 2.45 bits per heavy atom. The number of nitrogens with one attached hydrogen (secondary N) is 4. The van der Waals surface area contributed by atoms with E-state index in [0.29, 0.717) is 30.9 Å². The van der Waals surface area contributed by atoms with Crippen molar-refractivity contribution in [3.8, 4) is 0 Å². The molecule has 1 aromatic carbocycles. The molecule has 2 atom stereocenters. The first-order valence-corrected chi connectivity index (χ1v) is 13.6. The van der Waals surface area contributed by atoms with Gasteiger partial charge >= 0.3 is 6.03 Å². The van der Waals surface area contributed by atoms with Crippen LogP contribution >= 0.6 is 0 Å². The number of benzene rings is 1. The van der Waals surface area contributed by atoms with Crippen molar-refractivity contribution in [2.24, 2.45) is 0 Å². The minimum Gasteiger partial charge on any atom is -0.339 e. The second kappa shape index (κ2) is 12.9. The zero-order chi connectivity index (χ0) is 28.8. The second-order valence-corrected chi connectivity index (χ2v) is 10.3. The van der Waals surface area contributed by atoms with Crippen molar-refractivity contribution < 1.29 is 23.6 Å². The van der Waals surface area contributed by atoms with Crippen LogP contribution in [0, 0.1) is 5.82 Å². The maximum absolute atomic E-state index is 15.0. The number of piperazine rings is 1. The average molecular weight is 557 g/mol. The Hall–Kier alpha value is -4.00. The topological polar surface area (TPSA) is 141 Å². The van der Waals surface area contributed by atoms with Gasteiger partial charge in [0.2, 0.25) is 11.8 Å². The maximum Gasteiger partial charge on any atom is 0.315 e. The van der Waals surface area contributed by atoms with Gasteiger partial charge in [-0.1, -0.05) is 6.07 Å². The van der Waals surface area contributed by atoms with E-state index in [2.05, 4.69) is 31.3 Å². The van der Waals surface area contributed by atoms with Gasteiger partial charge in [-0.05, 0) is 57.5 Å². The predicted octanol–water partition coefficient (Wildman–Crippen LogP) is 0.946. The van der Waals surface area contributed by atoms with Gasteiger partial charge in [0.15, 0.2) is 0 Å². The van der Waals surface area contributed by atoms with Crippen LogP contribution in [0.1, 0.15) is 42.7 Å². The van der Waals surface area contributed by atoms with Gasteiger partial charge in [0.05, 0.1) is 5.69 Å². The van der Waals surface area contributed by atoms with Crippen molar-refractivity contribution in [2.45, 2.75) is 57.8 Å². The Morgan fingerprint density at radius 1 is 1.07 bits per heavy atom. The van der Waals surface area contributed by atoms with Crippen LogP contribution in [0.4, 0.5) is 14.9 Å². The van der Waals surface area contributed by atoms with E-state index in [4.69, 9.17) is 0 Å². The van der Waals surface area contributed by atoms with Gasteiger partial charge in [-0.15, -0.1) is 0 Å². The van der Waals surface area contributed by atoms with Crippen molar-refractivity contribution in [1.29, 1.82) is 0 Å². The van der Waals surface area contributed by atoms with Crippen LogP contribution in [0.25, 0.3) is 0 Å². The summed E-state index contributed by atoms with van der Waals surface area (Å²) >= 11 is 0. The lowest BCUT2D eigenvalue weighted by Crippen LogP contribution is -2.56. The van der Waals surface area contributed by atoms with E-state index < -0.39 is 35.7 Å². The number of carbonyl (C=O) groups is 4. The van der Waals surface area contributed by atoms with Crippen LogP contribution in [-0.4, -0.2) is 94.7 Å². The summed E-state index contributed by atoms with van der Waals surface area (Å²) in [5, 5.41) is 14.7. The highest BCUT2D eigenvalue weighted by Crippen LogP contribution is 2.20. The molecule has 2 aromatic rings. The number of carbonyl (C=O) groups excluding carboxylic acids is 4. The lowest BCUT2D eigenvalue weighted by molar-refractivity contribution is -0.134. The molecule has 12 nitrogen and oxygen atoms in total. The molecule has 1 aliphatic heterocycles. The minimum absolute atomic E-state index is 0.0603. The van der Waals surface area contributed by atoms with Gasteiger partial charge in [0.1, 0.15) is 23.6 Å². The highest BCUT2D eigenvalue weighted by atomic mass is 19.1. The second-order valence-electron chi connectivity index (χ2n) is 10.3. The molecule has 1 aromatic heterocycles. The summed E-state index contributed by atoms with van der Waals surface area (Å²) in [5.41, 5.74) is 0.747. The molecule has 4 N–H and O–H groups in total. The summed E-state index contributed by atoms with van der Waals surface area (Å²) in [6.45, 7) is 6.40. The van der Waals surface area contributed by atoms with Gasteiger partial charge in [-0.25, -0.2) is 9.18 Å². The molecule has 4 rings (SSSR count). The molecule has 2 heterocycles. The van der Waals surface area contributed by atoms with Gasteiger partial charge < -0.3 is 31.1 Å². The molecule has 1 saturated heterocycles. The van der Waals surface area contributed by atoms with E-state index >= 15 is 4.39 Å². The normalized spacial score (nSPS) is 17.1. The number of nitrogens with zero attached hydrogens (tertiary/aromatic N) is 4. The fraction of sp³-hybridized carbons (Fsp3) is 0.519. The Bertz CT molecular complexity index is 1240. The molecular formula is C27H37FN8O4. The Labute approximate surface area is 232 Å². The number of hydrogen-bond donors (Lipinski definition) is 4. The first kappa shape index (κ1) is 29.0. The van der Waals surface area contributed by atoms with Crippen LogP contribution < -0.4 is 21.3 Å². The number of halogens is 1. The first-order valence-electron chi connectivity index (χ1n) is 13.6. The van der Waals surface area contributed by atoms with Crippen molar-refractivity contribution in [1.82, 2.24) is 35.5 Å². The van der Waals surface area contributed by atoms with Gasteiger partial charge in [0, 0.05) is 51.4 Å². The fourth-order valence-corrected chi connectivity index (χ4v) is 4.44. The number of aryl methyl sites for hydroxylation is 1. The number of anilines is 1. The van der Waals surface area contributed by atoms with E-state index in [-0.39, 0.29) is 24.1 Å². The zero-order valence-electron chi connectivity index (χ0n) is 23.1. The smallest absolute Gasteiger partial charge is 0.315 e. The summed E-state index contributed by atoms with van der Waals surface area (Å²) in [7, 11) is 1.99. The molecule has 0 spiro atoms. The fourth-order valence-electron chi connectivity index (χ4n) is 4.44.